The molecule has 2 aliphatic carbocycles. The number of hydrogen-bond acceptors (Lipinski definition) is 3. The van der Waals surface area contributed by atoms with Gasteiger partial charge >= 0.3 is 5.97 Å². The Morgan fingerprint density at radius 2 is 1.62 bits per heavy atom. The summed E-state index contributed by atoms with van der Waals surface area (Å²) in [4.78, 5) is 37.8. The molecule has 0 unspecified atom stereocenters. The summed E-state index contributed by atoms with van der Waals surface area (Å²) in [5.74, 6) is -2.49. The maximum absolute atomic E-state index is 12.5. The minimum Gasteiger partial charge on any atom is -0.481 e. The Labute approximate surface area is 120 Å². The first-order valence-electron chi connectivity index (χ1n) is 6.97. The van der Waals surface area contributed by atoms with Gasteiger partial charge in [0.15, 0.2) is 0 Å². The second-order valence-corrected chi connectivity index (χ2v) is 5.83. The van der Waals surface area contributed by atoms with Gasteiger partial charge in [-0.2, -0.15) is 0 Å². The minimum atomic E-state index is -0.937. The van der Waals surface area contributed by atoms with Crippen LogP contribution in [0.15, 0.2) is 36.4 Å². The maximum atomic E-state index is 12.5. The fraction of sp³-hybridized carbons (Fsp3) is 0.312. The third kappa shape index (κ3) is 1.48. The van der Waals surface area contributed by atoms with Gasteiger partial charge in [-0.05, 0) is 30.4 Å². The van der Waals surface area contributed by atoms with Crippen molar-refractivity contribution in [1.29, 1.82) is 0 Å². The van der Waals surface area contributed by atoms with Gasteiger partial charge in [0, 0.05) is 0 Å². The van der Waals surface area contributed by atoms with Crippen LogP contribution >= 0.6 is 0 Å². The van der Waals surface area contributed by atoms with Crippen molar-refractivity contribution in [2.45, 2.75) is 12.5 Å². The van der Waals surface area contributed by atoms with Crippen LogP contribution in [0.4, 0.5) is 0 Å². The van der Waals surface area contributed by atoms with E-state index in [-0.39, 0.29) is 23.7 Å². The molecule has 1 aromatic carbocycles. The van der Waals surface area contributed by atoms with E-state index in [0.29, 0.717) is 17.5 Å². The summed E-state index contributed by atoms with van der Waals surface area (Å²) < 4.78 is 0. The number of carbonyl (C=O) groups excluding carboxylic acids is 2. The molecule has 0 saturated heterocycles. The maximum Gasteiger partial charge on any atom is 0.309 e. The number of hydrogen-bond donors (Lipinski definition) is 1. The average Bonchev–Trinajstić information content (AvgIpc) is 3.13. The van der Waals surface area contributed by atoms with E-state index in [1.807, 2.05) is 12.2 Å². The molecule has 106 valence electrons. The summed E-state index contributed by atoms with van der Waals surface area (Å²) >= 11 is 0. The minimum absolute atomic E-state index is 0.0432. The Hall–Kier alpha value is -2.43. The normalized spacial score (nSPS) is 32.9. The highest BCUT2D eigenvalue weighted by atomic mass is 16.4. The van der Waals surface area contributed by atoms with Crippen molar-refractivity contribution in [3.05, 3.63) is 47.5 Å². The summed E-state index contributed by atoms with van der Waals surface area (Å²) in [6, 6.07) is 6.10. The van der Waals surface area contributed by atoms with Crippen LogP contribution in [-0.2, 0) is 4.79 Å². The van der Waals surface area contributed by atoms with Crippen LogP contribution in [0, 0.1) is 17.8 Å². The van der Waals surface area contributed by atoms with Crippen LogP contribution in [-0.4, -0.2) is 33.8 Å². The first-order valence-corrected chi connectivity index (χ1v) is 6.97. The smallest absolute Gasteiger partial charge is 0.309 e. The Balaban J connectivity index is 1.78. The van der Waals surface area contributed by atoms with Crippen molar-refractivity contribution in [3.63, 3.8) is 0 Å². The number of allylic oxidation sites excluding steroid dienone is 1. The average molecular weight is 283 g/mol. The zero-order valence-corrected chi connectivity index (χ0v) is 11.1. The lowest BCUT2D eigenvalue weighted by Crippen LogP contribution is -2.48. The molecule has 1 aromatic rings. The molecule has 0 radical (unpaired) electrons. The SMILES string of the molecule is O=C(O)[C@@H]1[C@H](N2C(=O)c3ccccc3C2=O)[C@H]2C=C[C@@H]1C2. The molecule has 1 N–H and O–H groups in total. The molecule has 5 heteroatoms. The van der Waals surface area contributed by atoms with Crippen LogP contribution in [0.25, 0.3) is 0 Å². The van der Waals surface area contributed by atoms with Crippen molar-refractivity contribution in [2.75, 3.05) is 0 Å². The molecule has 0 spiro atoms. The van der Waals surface area contributed by atoms with Crippen LogP contribution < -0.4 is 0 Å². The Kier molecular flexibility index (Phi) is 2.37. The van der Waals surface area contributed by atoms with Crippen LogP contribution in [0.1, 0.15) is 27.1 Å². The van der Waals surface area contributed by atoms with Gasteiger partial charge in [-0.15, -0.1) is 0 Å². The van der Waals surface area contributed by atoms with Crippen LogP contribution in [0.3, 0.4) is 0 Å². The summed E-state index contributed by atoms with van der Waals surface area (Å²) in [5.41, 5.74) is 0.747. The van der Waals surface area contributed by atoms with E-state index >= 15 is 0 Å². The number of amides is 2. The molecule has 0 aromatic heterocycles. The van der Waals surface area contributed by atoms with E-state index in [1.54, 1.807) is 24.3 Å². The van der Waals surface area contributed by atoms with Crippen molar-refractivity contribution >= 4 is 17.8 Å². The van der Waals surface area contributed by atoms with Crippen LogP contribution in [0.5, 0.6) is 0 Å². The molecule has 5 nitrogen and oxygen atoms in total. The Morgan fingerprint density at radius 3 is 2.19 bits per heavy atom. The molecule has 4 rings (SSSR count). The summed E-state index contributed by atoms with van der Waals surface area (Å²) in [7, 11) is 0. The second-order valence-electron chi connectivity index (χ2n) is 5.83. The first kappa shape index (κ1) is 12.3. The highest BCUT2D eigenvalue weighted by Gasteiger charge is 2.55. The molecule has 2 amide bonds. The number of carboxylic acids is 1. The molecule has 1 saturated carbocycles. The number of carbonyl (C=O) groups is 3. The predicted molar refractivity (Wildman–Crippen MR) is 72.6 cm³/mol. The van der Waals surface area contributed by atoms with Gasteiger partial charge in [-0.1, -0.05) is 24.3 Å². The monoisotopic (exact) mass is 283 g/mol. The highest BCUT2D eigenvalue weighted by molar-refractivity contribution is 6.21. The predicted octanol–water partition coefficient (Wildman–Crippen LogP) is 1.56. The van der Waals surface area contributed by atoms with Crippen molar-refractivity contribution in [3.8, 4) is 0 Å². The molecular weight excluding hydrogens is 270 g/mol. The van der Waals surface area contributed by atoms with Gasteiger partial charge in [0.2, 0.25) is 0 Å². The molecule has 4 atom stereocenters. The van der Waals surface area contributed by atoms with Crippen molar-refractivity contribution < 1.29 is 19.5 Å². The van der Waals surface area contributed by atoms with Crippen LogP contribution in [0.2, 0.25) is 0 Å². The van der Waals surface area contributed by atoms with E-state index in [0.717, 1.165) is 0 Å². The fourth-order valence-corrected chi connectivity index (χ4v) is 3.96. The molecule has 21 heavy (non-hydrogen) atoms. The Morgan fingerprint density at radius 1 is 1.05 bits per heavy atom. The zero-order chi connectivity index (χ0) is 14.7. The molecule has 3 aliphatic rings. The van der Waals surface area contributed by atoms with E-state index in [1.165, 1.54) is 4.90 Å². The Bertz CT molecular complexity index is 673. The zero-order valence-electron chi connectivity index (χ0n) is 11.1. The highest BCUT2D eigenvalue weighted by Crippen LogP contribution is 2.47. The molecule has 1 fully saturated rings. The van der Waals surface area contributed by atoms with Gasteiger partial charge in [0.25, 0.3) is 11.8 Å². The van der Waals surface area contributed by atoms with E-state index in [9.17, 15) is 19.5 Å². The number of aliphatic carboxylic acids is 1. The van der Waals surface area contributed by atoms with Crippen molar-refractivity contribution in [1.82, 2.24) is 4.90 Å². The lowest BCUT2D eigenvalue weighted by atomic mass is 9.88. The van der Waals surface area contributed by atoms with Gasteiger partial charge in [-0.3, -0.25) is 19.3 Å². The molecule has 2 bridgehead atoms. The number of benzene rings is 1. The third-order valence-corrected chi connectivity index (χ3v) is 4.83. The summed E-state index contributed by atoms with van der Waals surface area (Å²) in [5, 5.41) is 9.47. The standard InChI is InChI=1S/C16H13NO4/c18-14-10-3-1-2-4-11(10)15(19)17(14)13-9-6-5-8(7-9)12(13)16(20)21/h1-6,8-9,12-13H,7H2,(H,20,21)/t8-,9+,12+,13-/m1/s1. The van der Waals surface area contributed by atoms with Gasteiger partial charge in [-0.25, -0.2) is 0 Å². The van der Waals surface area contributed by atoms with E-state index in [2.05, 4.69) is 0 Å². The first-order chi connectivity index (χ1) is 10.1. The third-order valence-electron chi connectivity index (χ3n) is 4.83. The van der Waals surface area contributed by atoms with Gasteiger partial charge in [0.1, 0.15) is 0 Å². The number of fused-ring (bicyclic) bond motifs is 3. The van der Waals surface area contributed by atoms with E-state index < -0.39 is 17.9 Å². The number of imide groups is 1. The second kappa shape index (κ2) is 4.04. The molecular formula is C16H13NO4. The van der Waals surface area contributed by atoms with Gasteiger partial charge < -0.3 is 5.11 Å². The fourth-order valence-electron chi connectivity index (χ4n) is 3.96. The number of rotatable bonds is 2. The molecule has 1 heterocycles. The number of carboxylic acid groups (broad SMARTS) is 1. The lowest BCUT2D eigenvalue weighted by Gasteiger charge is -2.31. The largest absolute Gasteiger partial charge is 0.481 e. The number of nitrogens with zero attached hydrogens (tertiary/aromatic N) is 1. The lowest BCUT2D eigenvalue weighted by molar-refractivity contribution is -0.144. The van der Waals surface area contributed by atoms with Gasteiger partial charge in [0.05, 0.1) is 23.1 Å². The van der Waals surface area contributed by atoms with E-state index in [4.69, 9.17) is 0 Å². The quantitative estimate of drug-likeness (QED) is 0.660. The summed E-state index contributed by atoms with van der Waals surface area (Å²) in [6.07, 6.45) is 4.55. The topological polar surface area (TPSA) is 74.7 Å². The molecule has 1 aliphatic heterocycles. The summed E-state index contributed by atoms with van der Waals surface area (Å²) in [6.45, 7) is 0. The van der Waals surface area contributed by atoms with Crippen molar-refractivity contribution in [2.24, 2.45) is 17.8 Å².